The Labute approximate surface area is 121 Å². The van der Waals surface area contributed by atoms with E-state index in [1.54, 1.807) is 18.8 Å². The SMILES string of the molecule is COc1c(CNc2cc(C(N)=O)ccc2F)c(C)nn1C. The molecule has 2 aromatic rings. The zero-order valence-corrected chi connectivity index (χ0v) is 12.1. The standard InChI is InChI=1S/C14H17FN4O2/c1-8-10(14(21-3)19(2)18-8)7-17-12-6-9(13(16)20)4-5-11(12)15/h4-6,17H,7H2,1-3H3,(H2,16,20). The number of hydrogen-bond donors (Lipinski definition) is 2. The van der Waals surface area contributed by atoms with E-state index >= 15 is 0 Å². The van der Waals surface area contributed by atoms with Crippen LogP contribution in [0, 0.1) is 12.7 Å². The van der Waals surface area contributed by atoms with Crippen LogP contribution in [0.2, 0.25) is 0 Å². The monoisotopic (exact) mass is 292 g/mol. The van der Waals surface area contributed by atoms with Crippen molar-refractivity contribution in [2.45, 2.75) is 13.5 Å². The highest BCUT2D eigenvalue weighted by atomic mass is 19.1. The van der Waals surface area contributed by atoms with Crippen LogP contribution < -0.4 is 15.8 Å². The molecule has 21 heavy (non-hydrogen) atoms. The van der Waals surface area contributed by atoms with E-state index in [4.69, 9.17) is 10.5 Å². The van der Waals surface area contributed by atoms with Crippen LogP contribution in [0.25, 0.3) is 0 Å². The molecule has 6 nitrogen and oxygen atoms in total. The number of nitrogens with one attached hydrogen (secondary N) is 1. The Balaban J connectivity index is 2.24. The number of benzene rings is 1. The van der Waals surface area contributed by atoms with E-state index in [2.05, 4.69) is 10.4 Å². The first-order valence-electron chi connectivity index (χ1n) is 6.33. The third-order valence-electron chi connectivity index (χ3n) is 3.19. The second kappa shape index (κ2) is 5.82. The van der Waals surface area contributed by atoms with Gasteiger partial charge in [0.05, 0.1) is 24.1 Å². The number of aromatic nitrogens is 2. The van der Waals surface area contributed by atoms with E-state index in [0.717, 1.165) is 11.3 Å². The quantitative estimate of drug-likeness (QED) is 0.876. The van der Waals surface area contributed by atoms with Gasteiger partial charge in [-0.3, -0.25) is 4.79 Å². The molecule has 0 bridgehead atoms. The third kappa shape index (κ3) is 2.96. The first-order chi connectivity index (χ1) is 9.93. The van der Waals surface area contributed by atoms with Crippen LogP contribution in [0.4, 0.5) is 10.1 Å². The van der Waals surface area contributed by atoms with Crippen molar-refractivity contribution in [1.29, 1.82) is 0 Å². The molecule has 7 heteroatoms. The van der Waals surface area contributed by atoms with Gasteiger partial charge in [-0.2, -0.15) is 5.10 Å². The van der Waals surface area contributed by atoms with Gasteiger partial charge in [-0.1, -0.05) is 0 Å². The zero-order chi connectivity index (χ0) is 15.6. The number of ether oxygens (including phenoxy) is 1. The van der Waals surface area contributed by atoms with Crippen LogP contribution in [0.3, 0.4) is 0 Å². The van der Waals surface area contributed by atoms with Crippen molar-refractivity contribution in [1.82, 2.24) is 9.78 Å². The Bertz CT molecular complexity index is 682. The fraction of sp³-hybridized carbons (Fsp3) is 0.286. The summed E-state index contributed by atoms with van der Waals surface area (Å²) >= 11 is 0. The average molecular weight is 292 g/mol. The molecule has 0 aliphatic carbocycles. The minimum absolute atomic E-state index is 0.205. The van der Waals surface area contributed by atoms with Gasteiger partial charge in [0, 0.05) is 19.2 Å². The Morgan fingerprint density at radius 2 is 2.24 bits per heavy atom. The van der Waals surface area contributed by atoms with Gasteiger partial charge in [0.25, 0.3) is 0 Å². The van der Waals surface area contributed by atoms with Gasteiger partial charge in [0.2, 0.25) is 11.8 Å². The van der Waals surface area contributed by atoms with Gasteiger partial charge in [-0.25, -0.2) is 9.07 Å². The van der Waals surface area contributed by atoms with Crippen LogP contribution in [-0.2, 0) is 13.6 Å². The minimum Gasteiger partial charge on any atom is -0.481 e. The summed E-state index contributed by atoms with van der Waals surface area (Å²) in [7, 11) is 3.32. The Kier molecular flexibility index (Phi) is 4.11. The van der Waals surface area contributed by atoms with Gasteiger partial charge in [0.15, 0.2) is 0 Å². The Hall–Kier alpha value is -2.57. The van der Waals surface area contributed by atoms with Gasteiger partial charge >= 0.3 is 0 Å². The van der Waals surface area contributed by atoms with E-state index in [0.29, 0.717) is 12.4 Å². The lowest BCUT2D eigenvalue weighted by atomic mass is 10.1. The highest BCUT2D eigenvalue weighted by Crippen LogP contribution is 2.23. The van der Waals surface area contributed by atoms with Crippen LogP contribution in [0.5, 0.6) is 5.88 Å². The maximum atomic E-state index is 13.8. The number of hydrogen-bond acceptors (Lipinski definition) is 4. The first kappa shape index (κ1) is 14.8. The van der Waals surface area contributed by atoms with Crippen molar-refractivity contribution in [3.8, 4) is 5.88 Å². The van der Waals surface area contributed by atoms with Crippen LogP contribution >= 0.6 is 0 Å². The number of amides is 1. The van der Waals surface area contributed by atoms with Crippen molar-refractivity contribution in [3.63, 3.8) is 0 Å². The van der Waals surface area contributed by atoms with Crippen LogP contribution in [0.1, 0.15) is 21.6 Å². The largest absolute Gasteiger partial charge is 0.481 e. The summed E-state index contributed by atoms with van der Waals surface area (Å²) in [6.07, 6.45) is 0. The second-order valence-electron chi connectivity index (χ2n) is 4.61. The number of nitrogens with two attached hydrogens (primary N) is 1. The van der Waals surface area contributed by atoms with Gasteiger partial charge in [0.1, 0.15) is 5.82 Å². The summed E-state index contributed by atoms with van der Waals surface area (Å²) in [6.45, 7) is 2.16. The number of aryl methyl sites for hydroxylation is 2. The molecule has 0 atom stereocenters. The molecule has 0 radical (unpaired) electrons. The van der Waals surface area contributed by atoms with E-state index < -0.39 is 11.7 Å². The van der Waals surface area contributed by atoms with E-state index in [-0.39, 0.29) is 11.3 Å². The van der Waals surface area contributed by atoms with Crippen molar-refractivity contribution in [2.24, 2.45) is 12.8 Å². The molecule has 1 heterocycles. The number of rotatable bonds is 5. The molecule has 0 aliphatic rings. The number of carbonyl (C=O) groups excluding carboxylic acids is 1. The average Bonchev–Trinajstić information content (AvgIpc) is 2.71. The summed E-state index contributed by atoms with van der Waals surface area (Å²) in [5, 5.41) is 7.18. The predicted molar refractivity (Wildman–Crippen MR) is 76.7 cm³/mol. The summed E-state index contributed by atoms with van der Waals surface area (Å²) in [5.74, 6) is -0.458. The zero-order valence-electron chi connectivity index (χ0n) is 12.1. The molecule has 2 rings (SSSR count). The maximum Gasteiger partial charge on any atom is 0.248 e. The topological polar surface area (TPSA) is 82.2 Å². The highest BCUT2D eigenvalue weighted by molar-refractivity contribution is 5.93. The molecular weight excluding hydrogens is 275 g/mol. The molecule has 0 aliphatic heterocycles. The van der Waals surface area contributed by atoms with Crippen molar-refractivity contribution < 1.29 is 13.9 Å². The molecule has 0 saturated carbocycles. The van der Waals surface area contributed by atoms with Crippen LogP contribution in [0.15, 0.2) is 18.2 Å². The maximum absolute atomic E-state index is 13.8. The molecule has 3 N–H and O–H groups in total. The summed E-state index contributed by atoms with van der Waals surface area (Å²) in [5.41, 5.74) is 7.25. The smallest absolute Gasteiger partial charge is 0.248 e. The lowest BCUT2D eigenvalue weighted by molar-refractivity contribution is 0.100. The summed E-state index contributed by atoms with van der Waals surface area (Å²) in [4.78, 5) is 11.1. The molecule has 0 unspecified atom stereocenters. The van der Waals surface area contributed by atoms with Gasteiger partial charge in [-0.15, -0.1) is 0 Å². The normalized spacial score (nSPS) is 10.5. The minimum atomic E-state index is -0.604. The van der Waals surface area contributed by atoms with Gasteiger partial charge in [-0.05, 0) is 25.1 Å². The first-order valence-corrected chi connectivity index (χ1v) is 6.33. The lowest BCUT2D eigenvalue weighted by Gasteiger charge is -2.10. The van der Waals surface area contributed by atoms with Crippen molar-refractivity contribution >= 4 is 11.6 Å². The fourth-order valence-corrected chi connectivity index (χ4v) is 2.14. The molecule has 1 aromatic heterocycles. The van der Waals surface area contributed by atoms with E-state index in [9.17, 15) is 9.18 Å². The molecule has 1 amide bonds. The molecule has 0 spiro atoms. The lowest BCUT2D eigenvalue weighted by Crippen LogP contribution is -2.12. The van der Waals surface area contributed by atoms with E-state index in [1.165, 1.54) is 18.2 Å². The summed E-state index contributed by atoms with van der Waals surface area (Å²) < 4.78 is 20.6. The number of anilines is 1. The summed E-state index contributed by atoms with van der Waals surface area (Å²) in [6, 6.07) is 3.93. The van der Waals surface area contributed by atoms with Gasteiger partial charge < -0.3 is 15.8 Å². The predicted octanol–water partition coefficient (Wildman–Crippen LogP) is 1.59. The fourth-order valence-electron chi connectivity index (χ4n) is 2.14. The van der Waals surface area contributed by atoms with E-state index in [1.807, 2.05) is 6.92 Å². The number of nitrogens with zero attached hydrogens (tertiary/aromatic N) is 2. The number of halogens is 1. The highest BCUT2D eigenvalue weighted by Gasteiger charge is 2.14. The molecule has 112 valence electrons. The number of primary amides is 1. The van der Waals surface area contributed by atoms with Crippen molar-refractivity contribution in [2.75, 3.05) is 12.4 Å². The number of carbonyl (C=O) groups is 1. The molecule has 1 aromatic carbocycles. The molecule has 0 saturated heterocycles. The second-order valence-corrected chi connectivity index (χ2v) is 4.61. The molecule has 0 fully saturated rings. The third-order valence-corrected chi connectivity index (χ3v) is 3.19. The van der Waals surface area contributed by atoms with Crippen LogP contribution in [-0.4, -0.2) is 22.8 Å². The van der Waals surface area contributed by atoms with Crippen molar-refractivity contribution in [3.05, 3.63) is 40.8 Å². The number of methoxy groups -OCH3 is 1. The Morgan fingerprint density at radius 1 is 1.52 bits per heavy atom. The Morgan fingerprint density at radius 3 is 2.86 bits per heavy atom. The molecular formula is C14H17FN4O2.